The number of benzene rings is 1. The summed E-state index contributed by atoms with van der Waals surface area (Å²) < 4.78 is 6.14. The summed E-state index contributed by atoms with van der Waals surface area (Å²) >= 11 is 5.80. The predicted molar refractivity (Wildman–Crippen MR) is 68.5 cm³/mol. The Hall–Kier alpha value is -2.01. The number of hydrogen-bond donors (Lipinski definition) is 1. The Morgan fingerprint density at radius 2 is 2.11 bits per heavy atom. The van der Waals surface area contributed by atoms with Crippen LogP contribution in [0.25, 0.3) is 0 Å². The number of nitrogen functional groups attached to an aromatic ring is 1. The zero-order valence-electron chi connectivity index (χ0n) is 9.76. The van der Waals surface area contributed by atoms with Crippen molar-refractivity contribution in [3.8, 4) is 0 Å². The minimum atomic E-state index is -0.491. The van der Waals surface area contributed by atoms with E-state index in [1.54, 1.807) is 12.1 Å². The van der Waals surface area contributed by atoms with Crippen molar-refractivity contribution in [2.45, 2.75) is 6.54 Å². The molecule has 1 heterocycles. The number of methoxy groups -OCH3 is 1. The molecule has 0 fully saturated rings. The van der Waals surface area contributed by atoms with Gasteiger partial charge in [-0.25, -0.2) is 9.48 Å². The Labute approximate surface area is 109 Å². The average molecular weight is 266 g/mol. The van der Waals surface area contributed by atoms with E-state index in [2.05, 4.69) is 9.84 Å². The molecule has 0 saturated heterocycles. The molecule has 0 atom stereocenters. The highest BCUT2D eigenvalue weighted by molar-refractivity contribution is 6.30. The van der Waals surface area contributed by atoms with Crippen LogP contribution in [0.3, 0.4) is 0 Å². The van der Waals surface area contributed by atoms with Crippen molar-refractivity contribution in [2.24, 2.45) is 0 Å². The second-order valence-corrected chi connectivity index (χ2v) is 4.16. The van der Waals surface area contributed by atoms with Crippen LogP contribution in [-0.4, -0.2) is 22.9 Å². The van der Waals surface area contributed by atoms with Crippen LogP contribution in [0.2, 0.25) is 5.02 Å². The summed E-state index contributed by atoms with van der Waals surface area (Å²) in [4.78, 5) is 11.4. The maximum atomic E-state index is 11.4. The van der Waals surface area contributed by atoms with Crippen molar-refractivity contribution in [1.29, 1.82) is 0 Å². The molecule has 18 heavy (non-hydrogen) atoms. The van der Waals surface area contributed by atoms with Crippen molar-refractivity contribution in [1.82, 2.24) is 9.78 Å². The highest BCUT2D eigenvalue weighted by Crippen LogP contribution is 2.15. The molecule has 2 rings (SSSR count). The molecule has 0 unspecified atom stereocenters. The van der Waals surface area contributed by atoms with Crippen molar-refractivity contribution in [3.05, 3.63) is 46.6 Å². The first-order chi connectivity index (χ1) is 8.61. The van der Waals surface area contributed by atoms with Gasteiger partial charge >= 0.3 is 5.97 Å². The fourth-order valence-electron chi connectivity index (χ4n) is 1.55. The summed E-state index contributed by atoms with van der Waals surface area (Å²) in [6.07, 6.45) is 1.40. The lowest BCUT2D eigenvalue weighted by Crippen LogP contribution is -2.09. The van der Waals surface area contributed by atoms with E-state index in [-0.39, 0.29) is 11.4 Å². The largest absolute Gasteiger partial charge is 0.465 e. The van der Waals surface area contributed by atoms with Crippen molar-refractivity contribution in [3.63, 3.8) is 0 Å². The van der Waals surface area contributed by atoms with E-state index in [0.717, 1.165) is 5.56 Å². The lowest BCUT2D eigenvalue weighted by molar-refractivity contribution is 0.0602. The molecular formula is C12H12ClN3O2. The van der Waals surface area contributed by atoms with Gasteiger partial charge in [0.15, 0.2) is 0 Å². The zero-order valence-corrected chi connectivity index (χ0v) is 10.5. The van der Waals surface area contributed by atoms with E-state index in [9.17, 15) is 4.79 Å². The molecule has 2 N–H and O–H groups in total. The fourth-order valence-corrected chi connectivity index (χ4v) is 1.68. The molecule has 0 bridgehead atoms. The molecule has 1 aromatic heterocycles. The molecule has 5 nitrogen and oxygen atoms in total. The van der Waals surface area contributed by atoms with Gasteiger partial charge in [0, 0.05) is 5.02 Å². The summed E-state index contributed by atoms with van der Waals surface area (Å²) in [7, 11) is 1.30. The van der Waals surface area contributed by atoms with Gasteiger partial charge < -0.3 is 10.5 Å². The highest BCUT2D eigenvalue weighted by Gasteiger charge is 2.15. The Kier molecular flexibility index (Phi) is 3.53. The predicted octanol–water partition coefficient (Wildman–Crippen LogP) is 1.95. The summed E-state index contributed by atoms with van der Waals surface area (Å²) in [5, 5.41) is 4.73. The van der Waals surface area contributed by atoms with Gasteiger partial charge in [-0.15, -0.1) is 0 Å². The minimum Gasteiger partial charge on any atom is -0.465 e. The van der Waals surface area contributed by atoms with Gasteiger partial charge in [-0.1, -0.05) is 23.7 Å². The van der Waals surface area contributed by atoms with Gasteiger partial charge in [-0.05, 0) is 17.7 Å². The lowest BCUT2D eigenvalue weighted by atomic mass is 10.2. The molecule has 2 aromatic rings. The number of hydrogen-bond acceptors (Lipinski definition) is 4. The Morgan fingerprint density at radius 1 is 1.44 bits per heavy atom. The van der Waals surface area contributed by atoms with Gasteiger partial charge in [-0.2, -0.15) is 5.10 Å². The number of rotatable bonds is 3. The van der Waals surface area contributed by atoms with Gasteiger partial charge in [0.05, 0.1) is 19.9 Å². The first-order valence-corrected chi connectivity index (χ1v) is 5.63. The first kappa shape index (κ1) is 12.4. The fraction of sp³-hybridized carbons (Fsp3) is 0.167. The maximum Gasteiger partial charge on any atom is 0.343 e. The smallest absolute Gasteiger partial charge is 0.343 e. The molecule has 1 aromatic carbocycles. The maximum absolute atomic E-state index is 11.4. The van der Waals surface area contributed by atoms with E-state index in [0.29, 0.717) is 11.6 Å². The van der Waals surface area contributed by atoms with E-state index >= 15 is 0 Å². The van der Waals surface area contributed by atoms with Gasteiger partial charge in [-0.3, -0.25) is 0 Å². The number of anilines is 1. The highest BCUT2D eigenvalue weighted by atomic mass is 35.5. The number of esters is 1. The van der Waals surface area contributed by atoms with Crippen molar-refractivity contribution in [2.75, 3.05) is 12.8 Å². The Bertz CT molecular complexity index is 563. The molecule has 0 aliphatic heterocycles. The van der Waals surface area contributed by atoms with Gasteiger partial charge in [0.1, 0.15) is 11.4 Å². The molecule has 0 radical (unpaired) electrons. The summed E-state index contributed by atoms with van der Waals surface area (Å²) in [5.41, 5.74) is 7.09. The van der Waals surface area contributed by atoms with E-state index in [4.69, 9.17) is 17.3 Å². The van der Waals surface area contributed by atoms with Gasteiger partial charge in [0.2, 0.25) is 0 Å². The average Bonchev–Trinajstić information content (AvgIpc) is 2.73. The Morgan fingerprint density at radius 3 is 2.72 bits per heavy atom. The molecule has 6 heteroatoms. The van der Waals surface area contributed by atoms with Crippen LogP contribution < -0.4 is 5.73 Å². The number of nitrogens with two attached hydrogens (primary N) is 1. The van der Waals surface area contributed by atoms with Crippen LogP contribution in [0.4, 0.5) is 5.82 Å². The van der Waals surface area contributed by atoms with Crippen molar-refractivity contribution < 1.29 is 9.53 Å². The zero-order chi connectivity index (χ0) is 13.1. The third-order valence-electron chi connectivity index (χ3n) is 2.53. The molecule has 0 spiro atoms. The number of nitrogens with zero attached hydrogens (tertiary/aromatic N) is 2. The third kappa shape index (κ3) is 2.46. The van der Waals surface area contributed by atoms with Crippen LogP contribution in [0.5, 0.6) is 0 Å². The summed E-state index contributed by atoms with van der Waals surface area (Å²) in [6.45, 7) is 0.472. The molecule has 94 valence electrons. The molecule has 0 aliphatic carbocycles. The minimum absolute atomic E-state index is 0.270. The summed E-state index contributed by atoms with van der Waals surface area (Å²) in [6, 6.07) is 7.33. The number of carbonyl (C=O) groups excluding carboxylic acids is 1. The third-order valence-corrected chi connectivity index (χ3v) is 2.78. The normalized spacial score (nSPS) is 10.3. The van der Waals surface area contributed by atoms with Gasteiger partial charge in [0.25, 0.3) is 0 Å². The molecular weight excluding hydrogens is 254 g/mol. The van der Waals surface area contributed by atoms with E-state index < -0.39 is 5.97 Å². The Balaban J connectivity index is 2.22. The SMILES string of the molecule is COC(=O)c1cnn(Cc2ccc(Cl)cc2)c1N. The monoisotopic (exact) mass is 265 g/mol. The molecule has 0 aliphatic rings. The standard InChI is InChI=1S/C12H12ClN3O2/c1-18-12(17)10-6-15-16(11(10)14)7-8-2-4-9(13)5-3-8/h2-6H,7,14H2,1H3. The molecule has 0 amide bonds. The van der Waals surface area contributed by atoms with Crippen molar-refractivity contribution >= 4 is 23.4 Å². The first-order valence-electron chi connectivity index (χ1n) is 5.26. The number of carbonyl (C=O) groups is 1. The topological polar surface area (TPSA) is 70.1 Å². The van der Waals surface area contributed by atoms with E-state index in [1.165, 1.54) is 18.0 Å². The van der Waals surface area contributed by atoms with Crippen LogP contribution in [0, 0.1) is 0 Å². The van der Waals surface area contributed by atoms with Crippen LogP contribution >= 0.6 is 11.6 Å². The number of aromatic nitrogens is 2. The van der Waals surface area contributed by atoms with Crippen LogP contribution in [-0.2, 0) is 11.3 Å². The quantitative estimate of drug-likeness (QED) is 0.861. The summed E-state index contributed by atoms with van der Waals surface area (Å²) in [5.74, 6) is -0.202. The van der Waals surface area contributed by atoms with Crippen LogP contribution in [0.1, 0.15) is 15.9 Å². The van der Waals surface area contributed by atoms with Crippen LogP contribution in [0.15, 0.2) is 30.5 Å². The second kappa shape index (κ2) is 5.10. The molecule has 0 saturated carbocycles. The number of ether oxygens (including phenoxy) is 1. The lowest BCUT2D eigenvalue weighted by Gasteiger charge is -2.05. The van der Waals surface area contributed by atoms with E-state index in [1.807, 2.05) is 12.1 Å². The number of halogens is 1. The second-order valence-electron chi connectivity index (χ2n) is 3.72.